The van der Waals surface area contributed by atoms with Crippen LogP contribution in [0.15, 0.2) is 42.5 Å². The largest absolute Gasteiger partial charge is 0.321 e. The van der Waals surface area contributed by atoms with E-state index in [-0.39, 0.29) is 17.7 Å². The Labute approximate surface area is 109 Å². The molecule has 0 heterocycles. The molecule has 0 bridgehead atoms. The first-order chi connectivity index (χ1) is 9.22. The molecule has 2 aromatic rings. The van der Waals surface area contributed by atoms with E-state index in [9.17, 15) is 8.78 Å². The highest BCUT2D eigenvalue weighted by molar-refractivity contribution is 5.41. The highest BCUT2D eigenvalue weighted by atomic mass is 19.1. The van der Waals surface area contributed by atoms with Crippen LogP contribution in [0.3, 0.4) is 0 Å². The Morgan fingerprint density at radius 1 is 1.05 bits per heavy atom. The van der Waals surface area contributed by atoms with Gasteiger partial charge in [-0.1, -0.05) is 18.2 Å². The number of anilines is 1. The molecule has 0 atom stereocenters. The molecule has 0 aliphatic heterocycles. The summed E-state index contributed by atoms with van der Waals surface area (Å²) >= 11 is 0. The highest BCUT2D eigenvalue weighted by Gasteiger charge is 2.12. The summed E-state index contributed by atoms with van der Waals surface area (Å²) in [5.41, 5.74) is 5.97. The molecule has 0 spiro atoms. The van der Waals surface area contributed by atoms with Crippen molar-refractivity contribution in [1.82, 2.24) is 5.43 Å². The Morgan fingerprint density at radius 2 is 1.79 bits per heavy atom. The van der Waals surface area contributed by atoms with Gasteiger partial charge in [-0.2, -0.15) is 5.26 Å². The van der Waals surface area contributed by atoms with E-state index in [1.54, 1.807) is 6.07 Å². The van der Waals surface area contributed by atoms with Gasteiger partial charge in [0, 0.05) is 17.8 Å². The topological polar surface area (TPSA) is 47.9 Å². The summed E-state index contributed by atoms with van der Waals surface area (Å²) in [7, 11) is 0. The van der Waals surface area contributed by atoms with Crippen molar-refractivity contribution >= 4 is 5.69 Å². The molecular weight excluding hydrogens is 248 g/mol. The number of benzene rings is 2. The zero-order valence-electron chi connectivity index (χ0n) is 9.95. The Hall–Kier alpha value is -2.45. The van der Waals surface area contributed by atoms with Gasteiger partial charge in [-0.15, -0.1) is 0 Å². The summed E-state index contributed by atoms with van der Waals surface area (Å²) < 4.78 is 27.2. The Bertz CT molecular complexity index is 606. The summed E-state index contributed by atoms with van der Waals surface area (Å²) in [6.07, 6.45) is 0. The van der Waals surface area contributed by atoms with Crippen LogP contribution in [0.4, 0.5) is 14.5 Å². The number of halogens is 2. The van der Waals surface area contributed by atoms with Gasteiger partial charge >= 0.3 is 0 Å². The van der Waals surface area contributed by atoms with Crippen LogP contribution in [0.25, 0.3) is 0 Å². The fourth-order valence-corrected chi connectivity index (χ4v) is 1.60. The number of nitrogens with zero attached hydrogens (tertiary/aromatic N) is 1. The smallest absolute Gasteiger partial charge is 0.148 e. The van der Waals surface area contributed by atoms with E-state index in [0.29, 0.717) is 0 Å². The van der Waals surface area contributed by atoms with Crippen molar-refractivity contribution in [3.63, 3.8) is 0 Å². The highest BCUT2D eigenvalue weighted by Crippen LogP contribution is 2.16. The number of hydrogen-bond acceptors (Lipinski definition) is 3. The number of nitrogens with one attached hydrogen (secondary N) is 2. The van der Waals surface area contributed by atoms with E-state index in [1.165, 1.54) is 0 Å². The van der Waals surface area contributed by atoms with E-state index in [1.807, 2.05) is 30.3 Å². The van der Waals surface area contributed by atoms with Gasteiger partial charge in [-0.25, -0.2) is 14.2 Å². The first kappa shape index (κ1) is 13.0. The summed E-state index contributed by atoms with van der Waals surface area (Å²) in [5, 5.41) is 8.69. The molecule has 5 heteroatoms. The van der Waals surface area contributed by atoms with Crippen molar-refractivity contribution in [2.75, 3.05) is 5.43 Å². The van der Waals surface area contributed by atoms with Gasteiger partial charge < -0.3 is 5.43 Å². The monoisotopic (exact) mass is 259 g/mol. The van der Waals surface area contributed by atoms with Gasteiger partial charge in [0.1, 0.15) is 17.7 Å². The van der Waals surface area contributed by atoms with Gasteiger partial charge in [-0.05, 0) is 24.3 Å². The third-order valence-corrected chi connectivity index (χ3v) is 2.58. The molecule has 3 nitrogen and oxygen atoms in total. The average molecular weight is 259 g/mol. The van der Waals surface area contributed by atoms with Gasteiger partial charge in [0.05, 0.1) is 5.56 Å². The maximum atomic E-state index is 13.7. The minimum Gasteiger partial charge on any atom is -0.321 e. The number of para-hydroxylation sites is 1. The van der Waals surface area contributed by atoms with Crippen LogP contribution in [-0.2, 0) is 6.54 Å². The van der Waals surface area contributed by atoms with Gasteiger partial charge in [-0.3, -0.25) is 0 Å². The van der Waals surface area contributed by atoms with Crippen molar-refractivity contribution in [2.24, 2.45) is 0 Å². The molecule has 19 heavy (non-hydrogen) atoms. The van der Waals surface area contributed by atoms with Crippen molar-refractivity contribution < 1.29 is 8.78 Å². The predicted octanol–water partition coefficient (Wildman–Crippen LogP) is 2.95. The maximum absolute atomic E-state index is 13.7. The van der Waals surface area contributed by atoms with E-state index < -0.39 is 11.6 Å². The van der Waals surface area contributed by atoms with E-state index in [4.69, 9.17) is 5.26 Å². The molecule has 96 valence electrons. The molecule has 2 rings (SSSR count). The van der Waals surface area contributed by atoms with Crippen LogP contribution >= 0.6 is 0 Å². The van der Waals surface area contributed by atoms with Crippen LogP contribution in [0.1, 0.15) is 11.1 Å². The number of hydrazine groups is 1. The lowest BCUT2D eigenvalue weighted by Gasteiger charge is -2.10. The maximum Gasteiger partial charge on any atom is 0.148 e. The van der Waals surface area contributed by atoms with Crippen LogP contribution in [0.5, 0.6) is 0 Å². The Morgan fingerprint density at radius 3 is 2.47 bits per heavy atom. The summed E-state index contributed by atoms with van der Waals surface area (Å²) in [6.45, 7) is -0.0674. The van der Waals surface area contributed by atoms with E-state index in [2.05, 4.69) is 10.9 Å². The fraction of sp³-hybridized carbons (Fsp3) is 0.0714. The van der Waals surface area contributed by atoms with E-state index in [0.717, 1.165) is 17.8 Å². The zero-order valence-corrected chi connectivity index (χ0v) is 9.95. The number of rotatable bonds is 4. The third-order valence-electron chi connectivity index (χ3n) is 2.58. The Balaban J connectivity index is 2.06. The summed E-state index contributed by atoms with van der Waals surface area (Å²) in [4.78, 5) is 0. The normalized spacial score (nSPS) is 9.95. The lowest BCUT2D eigenvalue weighted by Crippen LogP contribution is -2.22. The number of nitriles is 1. The fourth-order valence-electron chi connectivity index (χ4n) is 1.60. The van der Waals surface area contributed by atoms with Crippen LogP contribution in [0, 0.1) is 23.0 Å². The van der Waals surface area contributed by atoms with Crippen molar-refractivity contribution in [2.45, 2.75) is 6.54 Å². The first-order valence-electron chi connectivity index (χ1n) is 5.63. The number of hydrogen-bond donors (Lipinski definition) is 2. The quantitative estimate of drug-likeness (QED) is 0.830. The first-order valence-corrected chi connectivity index (χ1v) is 5.63. The molecule has 0 saturated heterocycles. The average Bonchev–Trinajstić information content (AvgIpc) is 2.44. The van der Waals surface area contributed by atoms with Gasteiger partial charge in [0.2, 0.25) is 0 Å². The molecule has 0 radical (unpaired) electrons. The lowest BCUT2D eigenvalue weighted by atomic mass is 10.1. The molecular formula is C14H11F2N3. The van der Waals surface area contributed by atoms with E-state index >= 15 is 0 Å². The molecule has 0 aromatic heterocycles. The zero-order chi connectivity index (χ0) is 13.7. The van der Waals surface area contributed by atoms with Crippen LogP contribution in [0.2, 0.25) is 0 Å². The molecule has 0 fully saturated rings. The lowest BCUT2D eigenvalue weighted by molar-refractivity contribution is 0.543. The molecule has 2 N–H and O–H groups in total. The second-order valence-corrected chi connectivity index (χ2v) is 3.84. The summed E-state index contributed by atoms with van der Waals surface area (Å²) in [5.74, 6) is -1.51. The predicted molar refractivity (Wildman–Crippen MR) is 68.0 cm³/mol. The van der Waals surface area contributed by atoms with Crippen LogP contribution < -0.4 is 10.9 Å². The van der Waals surface area contributed by atoms with Crippen LogP contribution in [-0.4, -0.2) is 0 Å². The third kappa shape index (κ3) is 3.06. The SMILES string of the molecule is N#Cc1ccc(F)c(CNNc2ccccc2)c1F. The molecule has 0 saturated carbocycles. The molecule has 2 aromatic carbocycles. The standard InChI is InChI=1S/C14H11F2N3/c15-13-7-6-10(8-17)14(16)12(13)9-18-19-11-4-2-1-3-5-11/h1-7,18-19H,9H2. The second-order valence-electron chi connectivity index (χ2n) is 3.84. The molecule has 0 aliphatic carbocycles. The molecule has 0 aliphatic rings. The second kappa shape index (κ2) is 5.94. The van der Waals surface area contributed by atoms with Gasteiger partial charge in [0.25, 0.3) is 0 Å². The summed E-state index contributed by atoms with van der Waals surface area (Å²) in [6, 6.07) is 13.0. The van der Waals surface area contributed by atoms with Crippen molar-refractivity contribution in [1.29, 1.82) is 5.26 Å². The minimum atomic E-state index is -0.829. The Kier molecular flexibility index (Phi) is 4.06. The van der Waals surface area contributed by atoms with Gasteiger partial charge in [0.15, 0.2) is 0 Å². The minimum absolute atomic E-state index is 0.0674. The molecule has 0 unspecified atom stereocenters. The van der Waals surface area contributed by atoms with Crippen molar-refractivity contribution in [3.8, 4) is 6.07 Å². The van der Waals surface area contributed by atoms with Crippen molar-refractivity contribution in [3.05, 3.63) is 65.2 Å². The molecule has 0 amide bonds.